The molecule has 0 bridgehead atoms. The van der Waals surface area contributed by atoms with E-state index in [1.165, 1.54) is 0 Å². The minimum Gasteiger partial charge on any atom is -0.481 e. The third-order valence-electron chi connectivity index (χ3n) is 3.75. The minimum absolute atomic E-state index is 0.247. The SMILES string of the molecule is CC[C@@H](CC(O)c1ccc(-c2ccccc2)cc1)C(=O)O. The molecule has 0 aromatic heterocycles. The fourth-order valence-corrected chi connectivity index (χ4v) is 2.38. The molecule has 2 aromatic rings. The van der Waals surface area contributed by atoms with Crippen LogP contribution in [0, 0.1) is 5.92 Å². The zero-order chi connectivity index (χ0) is 15.2. The zero-order valence-corrected chi connectivity index (χ0v) is 12.1. The van der Waals surface area contributed by atoms with E-state index in [2.05, 4.69) is 0 Å². The second-order valence-electron chi connectivity index (χ2n) is 5.18. The smallest absolute Gasteiger partial charge is 0.306 e. The molecular weight excluding hydrogens is 264 g/mol. The first kappa shape index (κ1) is 15.3. The van der Waals surface area contributed by atoms with E-state index in [0.29, 0.717) is 6.42 Å². The van der Waals surface area contributed by atoms with Gasteiger partial charge in [0.2, 0.25) is 0 Å². The van der Waals surface area contributed by atoms with Gasteiger partial charge in [-0.05, 0) is 29.5 Å². The highest BCUT2D eigenvalue weighted by Crippen LogP contribution is 2.26. The molecule has 0 saturated heterocycles. The lowest BCUT2D eigenvalue weighted by Crippen LogP contribution is -2.16. The molecule has 0 fully saturated rings. The van der Waals surface area contributed by atoms with Crippen LogP contribution in [0.5, 0.6) is 0 Å². The molecule has 3 nitrogen and oxygen atoms in total. The number of carboxylic acids is 1. The summed E-state index contributed by atoms with van der Waals surface area (Å²) in [5.74, 6) is -1.36. The Labute approximate surface area is 124 Å². The van der Waals surface area contributed by atoms with Crippen molar-refractivity contribution in [1.29, 1.82) is 0 Å². The van der Waals surface area contributed by atoms with Crippen molar-refractivity contribution in [3.8, 4) is 11.1 Å². The summed E-state index contributed by atoms with van der Waals surface area (Å²) in [6.07, 6.45) is 0.0289. The molecule has 0 amide bonds. The molecule has 2 aromatic carbocycles. The third-order valence-corrected chi connectivity index (χ3v) is 3.75. The molecule has 0 aliphatic heterocycles. The molecule has 1 unspecified atom stereocenters. The van der Waals surface area contributed by atoms with Crippen molar-refractivity contribution in [1.82, 2.24) is 0 Å². The van der Waals surface area contributed by atoms with Crippen LogP contribution >= 0.6 is 0 Å². The second-order valence-corrected chi connectivity index (χ2v) is 5.18. The first-order valence-corrected chi connectivity index (χ1v) is 7.18. The van der Waals surface area contributed by atoms with Crippen molar-refractivity contribution >= 4 is 5.97 Å². The van der Waals surface area contributed by atoms with Gasteiger partial charge in [0.15, 0.2) is 0 Å². The maximum Gasteiger partial charge on any atom is 0.306 e. The molecule has 110 valence electrons. The number of carbonyl (C=O) groups is 1. The average Bonchev–Trinajstić information content (AvgIpc) is 2.53. The van der Waals surface area contributed by atoms with E-state index >= 15 is 0 Å². The molecule has 2 rings (SSSR count). The molecule has 0 heterocycles. The molecule has 0 radical (unpaired) electrons. The van der Waals surface area contributed by atoms with Crippen molar-refractivity contribution in [2.75, 3.05) is 0 Å². The van der Waals surface area contributed by atoms with E-state index in [-0.39, 0.29) is 6.42 Å². The molecule has 2 N–H and O–H groups in total. The van der Waals surface area contributed by atoms with Crippen molar-refractivity contribution in [3.63, 3.8) is 0 Å². The van der Waals surface area contributed by atoms with Gasteiger partial charge in [-0.1, -0.05) is 61.5 Å². The zero-order valence-electron chi connectivity index (χ0n) is 12.1. The van der Waals surface area contributed by atoms with Gasteiger partial charge in [-0.3, -0.25) is 4.79 Å². The fraction of sp³-hybridized carbons (Fsp3) is 0.278. The van der Waals surface area contributed by atoms with Crippen LogP contribution in [0.15, 0.2) is 54.6 Å². The van der Waals surface area contributed by atoms with Gasteiger partial charge in [0.25, 0.3) is 0 Å². The summed E-state index contributed by atoms with van der Waals surface area (Å²) in [6.45, 7) is 1.82. The monoisotopic (exact) mass is 284 g/mol. The highest BCUT2D eigenvalue weighted by Gasteiger charge is 2.20. The average molecular weight is 284 g/mol. The lowest BCUT2D eigenvalue weighted by Gasteiger charge is -2.16. The third kappa shape index (κ3) is 3.92. The van der Waals surface area contributed by atoms with Crippen molar-refractivity contribution in [2.24, 2.45) is 5.92 Å². The Morgan fingerprint density at radius 1 is 1.00 bits per heavy atom. The van der Waals surface area contributed by atoms with E-state index in [1.54, 1.807) is 0 Å². The Morgan fingerprint density at radius 2 is 1.57 bits per heavy atom. The Morgan fingerprint density at radius 3 is 2.10 bits per heavy atom. The molecule has 21 heavy (non-hydrogen) atoms. The lowest BCUT2D eigenvalue weighted by molar-refractivity contribution is -0.143. The fourth-order valence-electron chi connectivity index (χ4n) is 2.38. The summed E-state index contributed by atoms with van der Waals surface area (Å²) < 4.78 is 0. The molecule has 2 atom stereocenters. The molecular formula is C18H20O3. The number of hydrogen-bond acceptors (Lipinski definition) is 2. The summed E-state index contributed by atoms with van der Waals surface area (Å²) in [7, 11) is 0. The largest absolute Gasteiger partial charge is 0.481 e. The number of carboxylic acid groups (broad SMARTS) is 1. The number of aliphatic hydroxyl groups excluding tert-OH is 1. The quantitative estimate of drug-likeness (QED) is 0.846. The van der Waals surface area contributed by atoms with E-state index in [4.69, 9.17) is 5.11 Å². The molecule has 0 aliphatic carbocycles. The number of aliphatic hydroxyl groups is 1. The molecule has 0 spiro atoms. The first-order chi connectivity index (χ1) is 10.1. The second kappa shape index (κ2) is 7.04. The van der Waals surface area contributed by atoms with Crippen molar-refractivity contribution in [3.05, 3.63) is 60.2 Å². The Hall–Kier alpha value is -2.13. The van der Waals surface area contributed by atoms with Gasteiger partial charge < -0.3 is 10.2 Å². The van der Waals surface area contributed by atoms with Crippen LogP contribution in [-0.4, -0.2) is 16.2 Å². The highest BCUT2D eigenvalue weighted by molar-refractivity contribution is 5.70. The van der Waals surface area contributed by atoms with Crippen LogP contribution in [0.4, 0.5) is 0 Å². The summed E-state index contributed by atoms with van der Waals surface area (Å²) in [5, 5.41) is 19.2. The van der Waals surface area contributed by atoms with Crippen LogP contribution in [0.1, 0.15) is 31.4 Å². The van der Waals surface area contributed by atoms with Crippen LogP contribution in [0.25, 0.3) is 11.1 Å². The van der Waals surface area contributed by atoms with E-state index in [1.807, 2.05) is 61.5 Å². The molecule has 0 saturated carbocycles. The van der Waals surface area contributed by atoms with Gasteiger partial charge in [-0.2, -0.15) is 0 Å². The summed E-state index contributed by atoms with van der Waals surface area (Å²) in [4.78, 5) is 11.0. The van der Waals surface area contributed by atoms with E-state index in [9.17, 15) is 9.90 Å². The van der Waals surface area contributed by atoms with Crippen molar-refractivity contribution in [2.45, 2.75) is 25.9 Å². The summed E-state index contributed by atoms with van der Waals surface area (Å²) >= 11 is 0. The van der Waals surface area contributed by atoms with Gasteiger partial charge in [-0.15, -0.1) is 0 Å². The molecule has 0 aliphatic rings. The summed E-state index contributed by atoms with van der Waals surface area (Å²) in [6, 6.07) is 17.6. The number of rotatable bonds is 6. The normalized spacial score (nSPS) is 13.6. The van der Waals surface area contributed by atoms with Crippen LogP contribution in [0.3, 0.4) is 0 Å². The van der Waals surface area contributed by atoms with Crippen LogP contribution in [0.2, 0.25) is 0 Å². The number of benzene rings is 2. The molecule has 3 heteroatoms. The topological polar surface area (TPSA) is 57.5 Å². The predicted octanol–water partition coefficient (Wildman–Crippen LogP) is 3.89. The maximum atomic E-state index is 11.0. The van der Waals surface area contributed by atoms with Crippen molar-refractivity contribution < 1.29 is 15.0 Å². The van der Waals surface area contributed by atoms with Gasteiger partial charge in [0.05, 0.1) is 12.0 Å². The van der Waals surface area contributed by atoms with Gasteiger partial charge in [-0.25, -0.2) is 0 Å². The Kier molecular flexibility index (Phi) is 5.12. The Balaban J connectivity index is 2.10. The van der Waals surface area contributed by atoms with Gasteiger partial charge >= 0.3 is 5.97 Å². The lowest BCUT2D eigenvalue weighted by atomic mass is 9.94. The first-order valence-electron chi connectivity index (χ1n) is 7.18. The van der Waals surface area contributed by atoms with Crippen LogP contribution < -0.4 is 0 Å². The van der Waals surface area contributed by atoms with Crippen LogP contribution in [-0.2, 0) is 4.79 Å². The van der Waals surface area contributed by atoms with Gasteiger partial charge in [0.1, 0.15) is 0 Å². The van der Waals surface area contributed by atoms with Gasteiger partial charge in [0, 0.05) is 0 Å². The summed E-state index contributed by atoms with van der Waals surface area (Å²) in [5.41, 5.74) is 2.96. The predicted molar refractivity (Wildman–Crippen MR) is 82.9 cm³/mol. The minimum atomic E-state index is -0.850. The van der Waals surface area contributed by atoms with E-state index in [0.717, 1.165) is 16.7 Å². The van der Waals surface area contributed by atoms with E-state index < -0.39 is 18.0 Å². The highest BCUT2D eigenvalue weighted by atomic mass is 16.4. The standard InChI is InChI=1S/C18H20O3/c1-2-13(18(20)21)12-17(19)16-10-8-15(9-11-16)14-6-4-3-5-7-14/h3-11,13,17,19H,2,12H2,1H3,(H,20,21)/t13-,17?/m0/s1. The number of aliphatic carboxylic acids is 1. The Bertz CT molecular complexity index is 575. The number of hydrogen-bond donors (Lipinski definition) is 2. The maximum absolute atomic E-state index is 11.0.